The number of fused-ring (bicyclic) bond motifs is 1. The molecule has 0 saturated carbocycles. The van der Waals surface area contributed by atoms with Gasteiger partial charge < -0.3 is 5.11 Å². The number of benzene rings is 1. The molecule has 74 valence electrons. The standard InChI is InChI=1S/C10H10OS3/c1-13-9-4-7-8(12)3-2-6(5-11)10(7)14-9/h2-4,11-12H,5H2,1H3. The first-order chi connectivity index (χ1) is 6.76. The molecular formula is C10H10OS3. The van der Waals surface area contributed by atoms with Crippen molar-refractivity contribution in [3.05, 3.63) is 23.8 Å². The lowest BCUT2D eigenvalue weighted by Crippen LogP contribution is -1.82. The lowest BCUT2D eigenvalue weighted by molar-refractivity contribution is 0.283. The average Bonchev–Trinajstić information content (AvgIpc) is 2.63. The van der Waals surface area contributed by atoms with E-state index in [9.17, 15) is 5.11 Å². The Hall–Kier alpha value is -0.160. The summed E-state index contributed by atoms with van der Waals surface area (Å²) in [7, 11) is 0. The van der Waals surface area contributed by atoms with E-state index in [0.717, 1.165) is 20.5 Å². The summed E-state index contributed by atoms with van der Waals surface area (Å²) in [5.41, 5.74) is 0.989. The van der Waals surface area contributed by atoms with E-state index in [1.807, 2.05) is 12.1 Å². The number of thiol groups is 1. The number of rotatable bonds is 2. The van der Waals surface area contributed by atoms with Gasteiger partial charge in [-0.15, -0.1) is 35.7 Å². The molecule has 0 atom stereocenters. The molecule has 0 radical (unpaired) electrons. The van der Waals surface area contributed by atoms with Crippen LogP contribution in [0, 0.1) is 0 Å². The van der Waals surface area contributed by atoms with Gasteiger partial charge in [0.25, 0.3) is 0 Å². The van der Waals surface area contributed by atoms with Gasteiger partial charge in [-0.25, -0.2) is 0 Å². The van der Waals surface area contributed by atoms with Crippen LogP contribution < -0.4 is 0 Å². The Labute approximate surface area is 96.6 Å². The van der Waals surface area contributed by atoms with Gasteiger partial charge in [-0.2, -0.15) is 0 Å². The van der Waals surface area contributed by atoms with Crippen LogP contribution in [0.2, 0.25) is 0 Å². The predicted molar refractivity (Wildman–Crippen MR) is 66.8 cm³/mol. The highest BCUT2D eigenvalue weighted by Crippen LogP contribution is 2.36. The minimum atomic E-state index is 0.0961. The van der Waals surface area contributed by atoms with E-state index < -0.39 is 0 Å². The second-order valence-electron chi connectivity index (χ2n) is 2.91. The van der Waals surface area contributed by atoms with E-state index in [1.165, 1.54) is 4.21 Å². The fraction of sp³-hybridized carbons (Fsp3) is 0.200. The summed E-state index contributed by atoms with van der Waals surface area (Å²) >= 11 is 7.85. The Kier molecular flexibility index (Phi) is 3.07. The van der Waals surface area contributed by atoms with E-state index >= 15 is 0 Å². The second kappa shape index (κ2) is 4.14. The summed E-state index contributed by atoms with van der Waals surface area (Å²) in [6, 6.07) is 6.01. The highest BCUT2D eigenvalue weighted by atomic mass is 32.2. The van der Waals surface area contributed by atoms with Gasteiger partial charge >= 0.3 is 0 Å². The van der Waals surface area contributed by atoms with Gasteiger partial charge in [0, 0.05) is 15.0 Å². The maximum absolute atomic E-state index is 9.18. The fourth-order valence-electron chi connectivity index (χ4n) is 1.37. The highest BCUT2D eigenvalue weighted by Gasteiger charge is 2.07. The molecule has 0 bridgehead atoms. The van der Waals surface area contributed by atoms with E-state index in [4.69, 9.17) is 0 Å². The van der Waals surface area contributed by atoms with Gasteiger partial charge in [0.15, 0.2) is 0 Å². The van der Waals surface area contributed by atoms with Crippen molar-refractivity contribution in [2.24, 2.45) is 0 Å². The largest absolute Gasteiger partial charge is 0.392 e. The van der Waals surface area contributed by atoms with E-state index in [-0.39, 0.29) is 6.61 Å². The van der Waals surface area contributed by atoms with Crippen molar-refractivity contribution in [2.75, 3.05) is 6.26 Å². The fourth-order valence-corrected chi connectivity index (χ4v) is 3.43. The number of aliphatic hydroxyl groups is 1. The molecule has 2 rings (SSSR count). The Morgan fingerprint density at radius 3 is 2.93 bits per heavy atom. The summed E-state index contributed by atoms with van der Waals surface area (Å²) in [5.74, 6) is 0. The topological polar surface area (TPSA) is 20.2 Å². The molecule has 0 aliphatic rings. The van der Waals surface area contributed by atoms with Crippen molar-refractivity contribution in [3.63, 3.8) is 0 Å². The van der Waals surface area contributed by atoms with E-state index in [0.29, 0.717) is 0 Å². The third-order valence-corrected chi connectivity index (χ3v) is 4.76. The molecule has 1 N–H and O–H groups in total. The van der Waals surface area contributed by atoms with Crippen molar-refractivity contribution in [1.82, 2.24) is 0 Å². The van der Waals surface area contributed by atoms with Gasteiger partial charge in [0.05, 0.1) is 10.8 Å². The summed E-state index contributed by atoms with van der Waals surface area (Å²) in [4.78, 5) is 0.980. The molecule has 1 nitrogen and oxygen atoms in total. The molecular weight excluding hydrogens is 232 g/mol. The Morgan fingerprint density at radius 2 is 2.29 bits per heavy atom. The molecule has 0 unspecified atom stereocenters. The zero-order valence-corrected chi connectivity index (χ0v) is 10.2. The Bertz CT molecular complexity index is 462. The highest BCUT2D eigenvalue weighted by molar-refractivity contribution is 8.00. The maximum Gasteiger partial charge on any atom is 0.0695 e. The monoisotopic (exact) mass is 242 g/mol. The summed E-state index contributed by atoms with van der Waals surface area (Å²) in [6.07, 6.45) is 2.06. The van der Waals surface area contributed by atoms with E-state index in [2.05, 4.69) is 25.0 Å². The Morgan fingerprint density at radius 1 is 1.50 bits per heavy atom. The van der Waals surface area contributed by atoms with Crippen LogP contribution in [-0.2, 0) is 6.61 Å². The third kappa shape index (κ3) is 1.67. The molecule has 2 aromatic rings. The lowest BCUT2D eigenvalue weighted by Gasteiger charge is -1.99. The second-order valence-corrected chi connectivity index (χ2v) is 5.55. The average molecular weight is 242 g/mol. The summed E-state index contributed by atoms with van der Waals surface area (Å²) in [5, 5.41) is 10.3. The zero-order chi connectivity index (χ0) is 10.1. The first-order valence-electron chi connectivity index (χ1n) is 4.15. The van der Waals surface area contributed by atoms with Crippen LogP contribution in [0.5, 0.6) is 0 Å². The van der Waals surface area contributed by atoms with Crippen molar-refractivity contribution in [3.8, 4) is 0 Å². The number of aliphatic hydroxyl groups excluding tert-OH is 1. The zero-order valence-electron chi connectivity index (χ0n) is 7.65. The predicted octanol–water partition coefficient (Wildman–Crippen LogP) is 3.40. The van der Waals surface area contributed by atoms with Gasteiger partial charge in [0.1, 0.15) is 0 Å². The van der Waals surface area contributed by atoms with Crippen LogP contribution in [0.1, 0.15) is 5.56 Å². The minimum absolute atomic E-state index is 0.0961. The van der Waals surface area contributed by atoms with Crippen LogP contribution >= 0.6 is 35.7 Å². The van der Waals surface area contributed by atoms with Crippen molar-refractivity contribution in [1.29, 1.82) is 0 Å². The molecule has 0 saturated heterocycles. The maximum atomic E-state index is 9.18. The van der Waals surface area contributed by atoms with Crippen molar-refractivity contribution < 1.29 is 5.11 Å². The van der Waals surface area contributed by atoms with Gasteiger partial charge in [-0.05, 0) is 24.0 Å². The van der Waals surface area contributed by atoms with Crippen LogP contribution in [0.3, 0.4) is 0 Å². The minimum Gasteiger partial charge on any atom is -0.392 e. The first kappa shape index (κ1) is 10.4. The number of hydrogen-bond donors (Lipinski definition) is 2. The molecule has 1 aromatic carbocycles. The van der Waals surface area contributed by atoms with Crippen LogP contribution in [-0.4, -0.2) is 11.4 Å². The van der Waals surface area contributed by atoms with Crippen LogP contribution in [0.25, 0.3) is 10.1 Å². The molecule has 0 aliphatic heterocycles. The van der Waals surface area contributed by atoms with Gasteiger partial charge in [-0.3, -0.25) is 0 Å². The molecule has 0 fully saturated rings. The quantitative estimate of drug-likeness (QED) is 0.622. The summed E-state index contributed by atoms with van der Waals surface area (Å²) in [6.45, 7) is 0.0961. The number of thioether (sulfide) groups is 1. The van der Waals surface area contributed by atoms with Crippen molar-refractivity contribution in [2.45, 2.75) is 15.7 Å². The molecule has 0 spiro atoms. The third-order valence-electron chi connectivity index (χ3n) is 2.09. The molecule has 14 heavy (non-hydrogen) atoms. The van der Waals surface area contributed by atoms with Crippen molar-refractivity contribution >= 4 is 45.8 Å². The summed E-state index contributed by atoms with van der Waals surface area (Å²) < 4.78 is 2.42. The Balaban J connectivity index is 2.74. The lowest BCUT2D eigenvalue weighted by atomic mass is 10.2. The first-order valence-corrected chi connectivity index (χ1v) is 6.64. The molecule has 4 heteroatoms. The number of thiophene rings is 1. The van der Waals surface area contributed by atoms with Crippen LogP contribution in [0.15, 0.2) is 27.3 Å². The number of hydrogen-bond acceptors (Lipinski definition) is 4. The van der Waals surface area contributed by atoms with Crippen LogP contribution in [0.4, 0.5) is 0 Å². The molecule has 0 aliphatic carbocycles. The molecule has 1 heterocycles. The van der Waals surface area contributed by atoms with Gasteiger partial charge in [0.2, 0.25) is 0 Å². The molecule has 1 aromatic heterocycles. The van der Waals surface area contributed by atoms with Gasteiger partial charge in [-0.1, -0.05) is 6.07 Å². The smallest absolute Gasteiger partial charge is 0.0695 e. The molecule has 0 amide bonds. The SMILES string of the molecule is CSc1cc2c(S)ccc(CO)c2s1. The normalized spacial score (nSPS) is 11.1. The van der Waals surface area contributed by atoms with E-state index in [1.54, 1.807) is 23.1 Å².